The third kappa shape index (κ3) is 1.71. The van der Waals surface area contributed by atoms with E-state index in [2.05, 4.69) is 4.98 Å². The van der Waals surface area contributed by atoms with E-state index < -0.39 is 10.7 Å². The molecule has 0 N–H and O–H groups in total. The van der Waals surface area contributed by atoms with E-state index in [9.17, 15) is 14.5 Å². The molecule has 1 aromatic heterocycles. The zero-order chi connectivity index (χ0) is 10.8. The summed E-state index contributed by atoms with van der Waals surface area (Å²) >= 11 is 1.17. The fraction of sp³-hybridized carbons (Fsp3) is 0. The minimum absolute atomic E-state index is 0.0440. The van der Waals surface area contributed by atoms with E-state index in [-0.39, 0.29) is 11.3 Å². The van der Waals surface area contributed by atoms with Crippen LogP contribution in [0.1, 0.15) is 0 Å². The summed E-state index contributed by atoms with van der Waals surface area (Å²) in [7, 11) is 0. The molecular formula is C9H5FN2O2S. The van der Waals surface area contributed by atoms with Crippen LogP contribution in [0.4, 0.5) is 10.1 Å². The largest absolute Gasteiger partial charge is 0.282 e. The highest BCUT2D eigenvalue weighted by Gasteiger charge is 2.20. The first-order valence-electron chi connectivity index (χ1n) is 4.03. The normalized spacial score (nSPS) is 10.2. The molecule has 0 radical (unpaired) electrons. The molecule has 0 aliphatic carbocycles. The number of halogens is 1. The maximum Gasteiger partial charge on any atom is 0.282 e. The Morgan fingerprint density at radius 1 is 1.47 bits per heavy atom. The summed E-state index contributed by atoms with van der Waals surface area (Å²) < 4.78 is 13.4. The second-order valence-corrected chi connectivity index (χ2v) is 3.62. The number of nitrogens with zero attached hydrogens (tertiary/aromatic N) is 2. The molecule has 0 aliphatic heterocycles. The van der Waals surface area contributed by atoms with Gasteiger partial charge in [-0.1, -0.05) is 6.07 Å². The van der Waals surface area contributed by atoms with Gasteiger partial charge in [0.25, 0.3) is 5.69 Å². The van der Waals surface area contributed by atoms with Crippen molar-refractivity contribution in [3.8, 4) is 10.6 Å². The van der Waals surface area contributed by atoms with Crippen molar-refractivity contribution in [2.45, 2.75) is 0 Å². The maximum atomic E-state index is 13.4. The van der Waals surface area contributed by atoms with Crippen LogP contribution < -0.4 is 0 Å². The third-order valence-corrected chi connectivity index (χ3v) is 2.63. The molecule has 0 unspecified atom stereocenters. The highest BCUT2D eigenvalue weighted by Crippen LogP contribution is 2.33. The quantitative estimate of drug-likeness (QED) is 0.582. The molecule has 0 saturated carbocycles. The van der Waals surface area contributed by atoms with Crippen LogP contribution in [0.2, 0.25) is 0 Å². The lowest BCUT2D eigenvalue weighted by molar-refractivity contribution is -0.384. The van der Waals surface area contributed by atoms with E-state index in [1.807, 2.05) is 0 Å². The molecule has 2 rings (SSSR count). The Morgan fingerprint density at radius 3 is 2.87 bits per heavy atom. The lowest BCUT2D eigenvalue weighted by Crippen LogP contribution is -1.94. The van der Waals surface area contributed by atoms with Crippen molar-refractivity contribution in [3.05, 3.63) is 45.7 Å². The van der Waals surface area contributed by atoms with Crippen molar-refractivity contribution in [3.63, 3.8) is 0 Å². The zero-order valence-corrected chi connectivity index (χ0v) is 8.20. The molecule has 0 atom stereocenters. The monoisotopic (exact) mass is 224 g/mol. The van der Waals surface area contributed by atoms with Crippen molar-refractivity contribution >= 4 is 17.0 Å². The number of hydrogen-bond donors (Lipinski definition) is 0. The van der Waals surface area contributed by atoms with E-state index in [1.165, 1.54) is 35.7 Å². The second-order valence-electron chi connectivity index (χ2n) is 2.73. The predicted octanol–water partition coefficient (Wildman–Crippen LogP) is 2.86. The number of benzene rings is 1. The van der Waals surface area contributed by atoms with Crippen LogP contribution in [0.25, 0.3) is 10.6 Å². The fourth-order valence-corrected chi connectivity index (χ4v) is 1.92. The van der Waals surface area contributed by atoms with Gasteiger partial charge in [0.05, 0.1) is 4.92 Å². The second kappa shape index (κ2) is 3.74. The molecule has 4 nitrogen and oxygen atoms in total. The topological polar surface area (TPSA) is 56.0 Å². The van der Waals surface area contributed by atoms with Crippen LogP contribution in [0.3, 0.4) is 0 Å². The Labute approximate surface area is 88.2 Å². The Bertz CT molecular complexity index is 499. The molecule has 0 saturated heterocycles. The van der Waals surface area contributed by atoms with E-state index in [1.54, 1.807) is 5.38 Å². The van der Waals surface area contributed by atoms with Crippen LogP contribution in [0.5, 0.6) is 0 Å². The van der Waals surface area contributed by atoms with Gasteiger partial charge >= 0.3 is 0 Å². The summed E-state index contributed by atoms with van der Waals surface area (Å²) in [5.41, 5.74) is -0.303. The van der Waals surface area contributed by atoms with E-state index in [0.717, 1.165) is 0 Å². The van der Waals surface area contributed by atoms with Crippen LogP contribution >= 0.6 is 11.3 Å². The average molecular weight is 224 g/mol. The van der Waals surface area contributed by atoms with Crippen molar-refractivity contribution in [1.29, 1.82) is 0 Å². The van der Waals surface area contributed by atoms with Gasteiger partial charge in [-0.2, -0.15) is 0 Å². The molecule has 2 aromatic rings. The van der Waals surface area contributed by atoms with Gasteiger partial charge in [-0.15, -0.1) is 11.3 Å². The van der Waals surface area contributed by atoms with E-state index >= 15 is 0 Å². The standard InChI is InChI=1S/C9H5FN2O2S/c10-6-2-1-3-7(12(13)14)8(6)9-11-4-5-15-9/h1-5H. The summed E-state index contributed by atoms with van der Waals surface area (Å²) in [6, 6.07) is 3.76. The van der Waals surface area contributed by atoms with Crippen LogP contribution in [0.15, 0.2) is 29.8 Å². The van der Waals surface area contributed by atoms with Crippen molar-refractivity contribution in [2.24, 2.45) is 0 Å². The summed E-state index contributed by atoms with van der Waals surface area (Å²) in [5, 5.41) is 12.6. The molecule has 0 fully saturated rings. The third-order valence-electron chi connectivity index (χ3n) is 1.83. The van der Waals surface area contributed by atoms with Crippen LogP contribution in [0, 0.1) is 15.9 Å². The van der Waals surface area contributed by atoms with Crippen molar-refractivity contribution in [2.75, 3.05) is 0 Å². The van der Waals surface area contributed by atoms with Crippen LogP contribution in [-0.2, 0) is 0 Å². The fourth-order valence-electron chi connectivity index (χ4n) is 1.22. The molecule has 0 aliphatic rings. The molecule has 15 heavy (non-hydrogen) atoms. The van der Waals surface area contributed by atoms with E-state index in [4.69, 9.17) is 0 Å². The first-order chi connectivity index (χ1) is 7.20. The minimum Gasteiger partial charge on any atom is -0.258 e. The lowest BCUT2D eigenvalue weighted by Gasteiger charge is -1.99. The molecule has 0 amide bonds. The highest BCUT2D eigenvalue weighted by molar-refractivity contribution is 7.13. The number of rotatable bonds is 2. The molecule has 1 heterocycles. The summed E-state index contributed by atoms with van der Waals surface area (Å²) in [4.78, 5) is 13.9. The number of nitro groups is 1. The summed E-state index contributed by atoms with van der Waals surface area (Å²) in [6.45, 7) is 0. The molecule has 0 spiro atoms. The molecule has 1 aromatic carbocycles. The predicted molar refractivity (Wildman–Crippen MR) is 54.2 cm³/mol. The molecular weight excluding hydrogens is 219 g/mol. The number of hydrogen-bond acceptors (Lipinski definition) is 4. The van der Waals surface area contributed by atoms with Crippen molar-refractivity contribution in [1.82, 2.24) is 4.98 Å². The maximum absolute atomic E-state index is 13.4. The van der Waals surface area contributed by atoms with Crippen LogP contribution in [-0.4, -0.2) is 9.91 Å². The molecule has 6 heteroatoms. The Morgan fingerprint density at radius 2 is 2.27 bits per heavy atom. The highest BCUT2D eigenvalue weighted by atomic mass is 32.1. The summed E-state index contributed by atoms with van der Waals surface area (Å²) in [5.74, 6) is -0.626. The van der Waals surface area contributed by atoms with Gasteiger partial charge in [0.2, 0.25) is 0 Å². The lowest BCUT2D eigenvalue weighted by atomic mass is 10.2. The number of thiazole rings is 1. The Kier molecular flexibility index (Phi) is 2.42. The Hall–Kier alpha value is -1.82. The van der Waals surface area contributed by atoms with Crippen molar-refractivity contribution < 1.29 is 9.31 Å². The Balaban J connectivity index is 2.68. The number of aromatic nitrogens is 1. The van der Waals surface area contributed by atoms with Gasteiger partial charge in [-0.3, -0.25) is 10.1 Å². The zero-order valence-electron chi connectivity index (χ0n) is 7.38. The first kappa shape index (κ1) is 9.72. The molecule has 0 bridgehead atoms. The van der Waals surface area contributed by atoms with Gasteiger partial charge < -0.3 is 0 Å². The average Bonchev–Trinajstić information content (AvgIpc) is 2.70. The van der Waals surface area contributed by atoms with Gasteiger partial charge in [-0.25, -0.2) is 9.37 Å². The molecule has 76 valence electrons. The summed E-state index contributed by atoms with van der Waals surface area (Å²) in [6.07, 6.45) is 1.48. The van der Waals surface area contributed by atoms with E-state index in [0.29, 0.717) is 5.01 Å². The SMILES string of the molecule is O=[N+]([O-])c1cccc(F)c1-c1nccs1. The van der Waals surface area contributed by atoms with Gasteiger partial charge in [0.1, 0.15) is 16.4 Å². The van der Waals surface area contributed by atoms with Gasteiger partial charge in [0, 0.05) is 17.6 Å². The first-order valence-corrected chi connectivity index (χ1v) is 4.91. The van der Waals surface area contributed by atoms with Gasteiger partial charge in [0.15, 0.2) is 0 Å². The van der Waals surface area contributed by atoms with Gasteiger partial charge in [-0.05, 0) is 6.07 Å². The smallest absolute Gasteiger partial charge is 0.258 e. The number of nitro benzene ring substituents is 1. The minimum atomic E-state index is -0.626.